The van der Waals surface area contributed by atoms with Crippen LogP contribution in [-0.4, -0.2) is 52.3 Å². The van der Waals surface area contributed by atoms with Crippen molar-refractivity contribution in [2.24, 2.45) is 0 Å². The Morgan fingerprint density at radius 3 is 2.41 bits per heavy atom. The molecule has 0 bridgehead atoms. The van der Waals surface area contributed by atoms with Gasteiger partial charge in [0, 0.05) is 0 Å². The SMILES string of the molecule is CC(C)(C)OC(=O)Nc1cccc(-n2ncc(C(=O)Nc3cnc(-n4nccn4)c(C#N)c3)c2C(F)(F)F)n1. The van der Waals surface area contributed by atoms with E-state index < -0.39 is 35.0 Å². The topological polar surface area (TPSA) is 166 Å². The second-order valence-corrected chi connectivity index (χ2v) is 8.80. The average Bonchev–Trinajstić information content (AvgIpc) is 3.53. The monoisotopic (exact) mass is 540 g/mol. The summed E-state index contributed by atoms with van der Waals surface area (Å²) < 4.78 is 47.9. The van der Waals surface area contributed by atoms with Gasteiger partial charge in [-0.15, -0.1) is 4.80 Å². The summed E-state index contributed by atoms with van der Waals surface area (Å²) in [5.74, 6) is -1.51. The van der Waals surface area contributed by atoms with Crippen molar-refractivity contribution < 1.29 is 27.5 Å². The fraction of sp³-hybridized carbons (Fsp3) is 0.217. The molecule has 0 atom stereocenters. The van der Waals surface area contributed by atoms with Gasteiger partial charge in [-0.05, 0) is 39.0 Å². The highest BCUT2D eigenvalue weighted by Gasteiger charge is 2.41. The zero-order chi connectivity index (χ0) is 28.4. The van der Waals surface area contributed by atoms with Crippen molar-refractivity contribution in [2.45, 2.75) is 32.5 Å². The number of halogens is 3. The highest BCUT2D eigenvalue weighted by Crippen LogP contribution is 2.34. The standard InChI is InChI=1S/C23H19F3N10O3/c1-22(2,3)39-21(38)34-16-5-4-6-17(33-16)35-18(23(24,25)26)15(12-31-35)20(37)32-14-9-13(10-27)19(28-11-14)36-29-7-8-30-36/h4-9,11-12H,1-3H3,(H,32,37)(H,33,34,38). The van der Waals surface area contributed by atoms with Crippen molar-refractivity contribution in [3.63, 3.8) is 0 Å². The predicted octanol–water partition coefficient (Wildman–Crippen LogP) is 3.73. The number of nitrogens with zero attached hydrogens (tertiary/aromatic N) is 8. The Kier molecular flexibility index (Phi) is 6.99. The van der Waals surface area contributed by atoms with Crippen LogP contribution in [0.1, 0.15) is 42.4 Å². The van der Waals surface area contributed by atoms with Crippen molar-refractivity contribution in [1.82, 2.24) is 34.7 Å². The summed E-state index contributed by atoms with van der Waals surface area (Å²) in [6.45, 7) is 4.93. The van der Waals surface area contributed by atoms with Crippen LogP contribution in [0.3, 0.4) is 0 Å². The van der Waals surface area contributed by atoms with Crippen molar-refractivity contribution in [2.75, 3.05) is 10.6 Å². The molecule has 16 heteroatoms. The third-order valence-electron chi connectivity index (χ3n) is 4.72. The van der Waals surface area contributed by atoms with E-state index in [2.05, 4.69) is 35.9 Å². The first kappa shape index (κ1) is 26.7. The average molecular weight is 540 g/mol. The zero-order valence-corrected chi connectivity index (χ0v) is 20.6. The van der Waals surface area contributed by atoms with Gasteiger partial charge < -0.3 is 10.1 Å². The maximum atomic E-state index is 14.1. The third-order valence-corrected chi connectivity index (χ3v) is 4.72. The van der Waals surface area contributed by atoms with Gasteiger partial charge >= 0.3 is 12.3 Å². The fourth-order valence-corrected chi connectivity index (χ4v) is 3.27. The first-order valence-corrected chi connectivity index (χ1v) is 11.1. The number of anilines is 2. The molecule has 200 valence electrons. The molecule has 0 aliphatic rings. The Morgan fingerprint density at radius 1 is 1.05 bits per heavy atom. The number of pyridine rings is 2. The lowest BCUT2D eigenvalue weighted by atomic mass is 10.2. The molecule has 4 heterocycles. The van der Waals surface area contributed by atoms with E-state index in [0.29, 0.717) is 4.68 Å². The second-order valence-electron chi connectivity index (χ2n) is 8.80. The normalized spacial score (nSPS) is 11.5. The van der Waals surface area contributed by atoms with E-state index in [-0.39, 0.29) is 28.7 Å². The number of aromatic nitrogens is 7. The van der Waals surface area contributed by atoms with E-state index >= 15 is 0 Å². The quantitative estimate of drug-likeness (QED) is 0.383. The summed E-state index contributed by atoms with van der Waals surface area (Å²) in [4.78, 5) is 34.0. The predicted molar refractivity (Wildman–Crippen MR) is 128 cm³/mol. The van der Waals surface area contributed by atoms with Crippen LogP contribution >= 0.6 is 0 Å². The summed E-state index contributed by atoms with van der Waals surface area (Å²) in [5.41, 5.74) is -3.11. The van der Waals surface area contributed by atoms with Gasteiger partial charge in [0.15, 0.2) is 17.3 Å². The van der Waals surface area contributed by atoms with Crippen molar-refractivity contribution in [3.8, 4) is 17.7 Å². The van der Waals surface area contributed by atoms with Crippen LogP contribution in [0.25, 0.3) is 11.6 Å². The number of hydrogen-bond donors (Lipinski definition) is 2. The fourth-order valence-electron chi connectivity index (χ4n) is 3.27. The number of nitriles is 1. The summed E-state index contributed by atoms with van der Waals surface area (Å²) in [6, 6.07) is 7.00. The zero-order valence-electron chi connectivity index (χ0n) is 20.6. The summed E-state index contributed by atoms with van der Waals surface area (Å²) in [6.07, 6.45) is -1.27. The Labute approximate surface area is 218 Å². The largest absolute Gasteiger partial charge is 0.444 e. The van der Waals surface area contributed by atoms with Gasteiger partial charge in [-0.3, -0.25) is 10.1 Å². The number of amides is 2. The molecule has 0 radical (unpaired) electrons. The Bertz CT molecular complexity index is 1570. The van der Waals surface area contributed by atoms with Gasteiger partial charge in [-0.2, -0.15) is 33.7 Å². The van der Waals surface area contributed by atoms with Crippen molar-refractivity contribution in [1.29, 1.82) is 5.26 Å². The molecule has 0 aromatic carbocycles. The molecule has 0 spiro atoms. The maximum absolute atomic E-state index is 14.1. The number of carbonyl (C=O) groups excluding carboxylic acids is 2. The molecule has 0 unspecified atom stereocenters. The van der Waals surface area contributed by atoms with Crippen LogP contribution in [0.2, 0.25) is 0 Å². The number of ether oxygens (including phenoxy) is 1. The van der Waals surface area contributed by atoms with Crippen LogP contribution in [0, 0.1) is 11.3 Å². The van der Waals surface area contributed by atoms with Crippen molar-refractivity contribution >= 4 is 23.5 Å². The molecule has 4 aromatic heterocycles. The smallest absolute Gasteiger partial charge is 0.434 e. The number of hydrogen-bond acceptors (Lipinski definition) is 9. The third kappa shape index (κ3) is 6.15. The molecule has 0 fully saturated rings. The minimum Gasteiger partial charge on any atom is -0.444 e. The van der Waals surface area contributed by atoms with E-state index in [4.69, 9.17) is 4.74 Å². The van der Waals surface area contributed by atoms with Gasteiger partial charge in [-0.25, -0.2) is 19.4 Å². The lowest BCUT2D eigenvalue weighted by Gasteiger charge is -2.19. The van der Waals surface area contributed by atoms with Gasteiger partial charge in [0.1, 0.15) is 23.1 Å². The molecule has 13 nitrogen and oxygen atoms in total. The van der Waals surface area contributed by atoms with Crippen LogP contribution in [-0.2, 0) is 10.9 Å². The first-order chi connectivity index (χ1) is 18.4. The lowest BCUT2D eigenvalue weighted by molar-refractivity contribution is -0.143. The molecule has 39 heavy (non-hydrogen) atoms. The summed E-state index contributed by atoms with van der Waals surface area (Å²) >= 11 is 0. The van der Waals surface area contributed by atoms with Gasteiger partial charge in [-0.1, -0.05) is 6.07 Å². The van der Waals surface area contributed by atoms with E-state index in [9.17, 15) is 28.0 Å². The first-order valence-electron chi connectivity index (χ1n) is 11.1. The molecule has 0 saturated carbocycles. The number of nitrogens with one attached hydrogen (secondary N) is 2. The van der Waals surface area contributed by atoms with Crippen LogP contribution in [0.5, 0.6) is 0 Å². The molecule has 0 aliphatic carbocycles. The van der Waals surface area contributed by atoms with E-state index in [1.165, 1.54) is 36.7 Å². The summed E-state index contributed by atoms with van der Waals surface area (Å²) in [5, 5.41) is 25.5. The highest BCUT2D eigenvalue weighted by atomic mass is 19.4. The minimum atomic E-state index is -5.02. The lowest BCUT2D eigenvalue weighted by Crippen LogP contribution is -2.27. The highest BCUT2D eigenvalue weighted by molar-refractivity contribution is 6.05. The van der Waals surface area contributed by atoms with Crippen LogP contribution in [0.4, 0.5) is 29.5 Å². The van der Waals surface area contributed by atoms with Crippen LogP contribution in [0.15, 0.2) is 49.1 Å². The molecule has 4 rings (SSSR count). The molecule has 4 aromatic rings. The van der Waals surface area contributed by atoms with E-state index in [0.717, 1.165) is 17.2 Å². The van der Waals surface area contributed by atoms with Gasteiger partial charge in [0.05, 0.1) is 36.0 Å². The molecule has 0 saturated heterocycles. The number of rotatable bonds is 5. The summed E-state index contributed by atoms with van der Waals surface area (Å²) in [7, 11) is 0. The second kappa shape index (κ2) is 10.2. The number of carbonyl (C=O) groups is 2. The van der Waals surface area contributed by atoms with Gasteiger partial charge in [0.2, 0.25) is 0 Å². The van der Waals surface area contributed by atoms with Crippen molar-refractivity contribution in [3.05, 3.63) is 65.9 Å². The molecule has 2 N–H and O–H groups in total. The molecule has 0 aliphatic heterocycles. The Morgan fingerprint density at radius 2 is 1.77 bits per heavy atom. The Balaban J connectivity index is 1.63. The van der Waals surface area contributed by atoms with Gasteiger partial charge in [0.25, 0.3) is 5.91 Å². The molecule has 2 amide bonds. The Hall–Kier alpha value is -5.33. The maximum Gasteiger partial charge on any atom is 0.434 e. The number of alkyl halides is 3. The van der Waals surface area contributed by atoms with E-state index in [1.54, 1.807) is 20.8 Å². The van der Waals surface area contributed by atoms with Crippen LogP contribution < -0.4 is 10.6 Å². The minimum absolute atomic E-state index is 0.0331. The van der Waals surface area contributed by atoms with E-state index in [1.807, 2.05) is 6.07 Å². The molecular weight excluding hydrogens is 521 g/mol. The molecular formula is C23H19F3N10O3.